The monoisotopic (exact) mass is 528 g/mol. The van der Waals surface area contributed by atoms with E-state index in [9.17, 15) is 10.1 Å². The molecule has 0 radical (unpaired) electrons. The Morgan fingerprint density at radius 3 is 2.46 bits per heavy atom. The second kappa shape index (κ2) is 12.3. The molecule has 202 valence electrons. The number of nitrogens with zero attached hydrogens (tertiary/aromatic N) is 1. The Labute approximate surface area is 228 Å². The van der Waals surface area contributed by atoms with Crippen molar-refractivity contribution in [2.24, 2.45) is 5.73 Å². The Balaban J connectivity index is 1.59. The van der Waals surface area contributed by atoms with E-state index in [0.29, 0.717) is 41.8 Å². The van der Waals surface area contributed by atoms with Crippen LogP contribution in [-0.2, 0) is 4.79 Å². The number of nitrogens with two attached hydrogens (primary N) is 1. The second-order valence-corrected chi connectivity index (χ2v) is 9.10. The lowest BCUT2D eigenvalue weighted by atomic mass is 9.83. The zero-order chi connectivity index (χ0) is 27.9. The summed E-state index contributed by atoms with van der Waals surface area (Å²) in [6.45, 7) is 8.54. The summed E-state index contributed by atoms with van der Waals surface area (Å²) in [5, 5.41) is 9.92. The summed E-state index contributed by atoms with van der Waals surface area (Å²) in [4.78, 5) is 12.5. The Bertz CT molecular complexity index is 1420. The Hall–Kier alpha value is -4.64. The third-order valence-corrected chi connectivity index (χ3v) is 6.23. The number of nitriles is 1. The zero-order valence-electron chi connectivity index (χ0n) is 22.6. The van der Waals surface area contributed by atoms with Crippen molar-refractivity contribution < 1.29 is 28.5 Å². The van der Waals surface area contributed by atoms with Gasteiger partial charge in [0.2, 0.25) is 5.88 Å². The van der Waals surface area contributed by atoms with Crippen LogP contribution in [0.5, 0.6) is 28.7 Å². The van der Waals surface area contributed by atoms with Gasteiger partial charge in [-0.15, -0.1) is 0 Å². The van der Waals surface area contributed by atoms with E-state index in [-0.39, 0.29) is 23.8 Å². The summed E-state index contributed by atoms with van der Waals surface area (Å²) in [5.41, 5.74) is 9.81. The summed E-state index contributed by atoms with van der Waals surface area (Å²) in [6, 6.07) is 18.5. The minimum atomic E-state index is -0.560. The predicted molar refractivity (Wildman–Crippen MR) is 146 cm³/mol. The fraction of sp³-hybridized carbons (Fsp3) is 0.290. The van der Waals surface area contributed by atoms with E-state index in [1.807, 2.05) is 64.1 Å². The van der Waals surface area contributed by atoms with Crippen molar-refractivity contribution in [2.75, 3.05) is 19.8 Å². The molecule has 3 aromatic carbocycles. The predicted octanol–water partition coefficient (Wildman–Crippen LogP) is 5.69. The van der Waals surface area contributed by atoms with Crippen LogP contribution in [0.25, 0.3) is 0 Å². The molecule has 39 heavy (non-hydrogen) atoms. The molecular weight excluding hydrogens is 496 g/mol. The fourth-order valence-electron chi connectivity index (χ4n) is 4.46. The molecule has 4 rings (SSSR count). The van der Waals surface area contributed by atoms with Crippen molar-refractivity contribution in [3.05, 3.63) is 88.3 Å². The van der Waals surface area contributed by atoms with Crippen LogP contribution in [-0.4, -0.2) is 25.8 Å². The topological polar surface area (TPSA) is 113 Å². The lowest BCUT2D eigenvalue weighted by Crippen LogP contribution is -2.22. The van der Waals surface area contributed by atoms with Crippen molar-refractivity contribution in [1.82, 2.24) is 0 Å². The molecule has 0 saturated heterocycles. The van der Waals surface area contributed by atoms with Crippen LogP contribution in [0.15, 0.2) is 66.1 Å². The molecule has 3 aromatic rings. The van der Waals surface area contributed by atoms with Gasteiger partial charge in [0.15, 0.2) is 18.1 Å². The van der Waals surface area contributed by atoms with E-state index < -0.39 is 11.9 Å². The average molecular weight is 529 g/mol. The number of fused-ring (bicyclic) bond motifs is 1. The van der Waals surface area contributed by atoms with Gasteiger partial charge in [-0.25, -0.2) is 4.79 Å². The highest BCUT2D eigenvalue weighted by Gasteiger charge is 2.32. The molecule has 8 heteroatoms. The minimum absolute atomic E-state index is 0.0129. The maximum atomic E-state index is 12.5. The minimum Gasteiger partial charge on any atom is -0.490 e. The van der Waals surface area contributed by atoms with Gasteiger partial charge >= 0.3 is 5.97 Å². The SMILES string of the molecule is CCCOc1ccc(C2C(C#N)=C(N)Oc3cc(OC(=O)COc4c(C)cccc4C)ccc32)cc1OCC. The Morgan fingerprint density at radius 2 is 1.77 bits per heavy atom. The summed E-state index contributed by atoms with van der Waals surface area (Å²) < 4.78 is 28.7. The molecule has 0 spiro atoms. The summed E-state index contributed by atoms with van der Waals surface area (Å²) in [6.07, 6.45) is 0.864. The first-order chi connectivity index (χ1) is 18.9. The number of hydrogen-bond acceptors (Lipinski definition) is 8. The van der Waals surface area contributed by atoms with E-state index in [0.717, 1.165) is 23.1 Å². The first-order valence-electron chi connectivity index (χ1n) is 12.9. The zero-order valence-corrected chi connectivity index (χ0v) is 22.6. The molecule has 0 saturated carbocycles. The first kappa shape index (κ1) is 27.4. The molecule has 1 heterocycles. The van der Waals surface area contributed by atoms with E-state index in [2.05, 4.69) is 6.07 Å². The van der Waals surface area contributed by atoms with E-state index in [4.69, 9.17) is 29.4 Å². The van der Waals surface area contributed by atoms with Crippen LogP contribution in [0.4, 0.5) is 0 Å². The smallest absolute Gasteiger partial charge is 0.349 e. The number of carbonyl (C=O) groups is 1. The molecule has 2 N–H and O–H groups in total. The van der Waals surface area contributed by atoms with Gasteiger partial charge in [-0.05, 0) is 62.1 Å². The second-order valence-electron chi connectivity index (χ2n) is 9.10. The third kappa shape index (κ3) is 6.10. The number of aryl methyl sites for hydroxylation is 2. The van der Waals surface area contributed by atoms with Crippen molar-refractivity contribution in [3.63, 3.8) is 0 Å². The largest absolute Gasteiger partial charge is 0.490 e. The van der Waals surface area contributed by atoms with Crippen LogP contribution in [0.1, 0.15) is 48.4 Å². The Morgan fingerprint density at radius 1 is 1.00 bits per heavy atom. The van der Waals surface area contributed by atoms with Crippen molar-refractivity contribution in [2.45, 2.75) is 40.0 Å². The normalized spacial score (nSPS) is 14.1. The molecule has 1 aliphatic rings. The third-order valence-electron chi connectivity index (χ3n) is 6.23. The Kier molecular flexibility index (Phi) is 8.62. The lowest BCUT2D eigenvalue weighted by Gasteiger charge is -2.27. The number of ether oxygens (including phenoxy) is 5. The molecular formula is C31H32N2O6. The number of benzene rings is 3. The molecule has 1 aliphatic heterocycles. The summed E-state index contributed by atoms with van der Waals surface area (Å²) >= 11 is 0. The van der Waals surface area contributed by atoms with E-state index in [1.54, 1.807) is 18.2 Å². The number of para-hydroxylation sites is 1. The van der Waals surface area contributed by atoms with Crippen LogP contribution < -0.4 is 29.4 Å². The van der Waals surface area contributed by atoms with Crippen LogP contribution in [0.3, 0.4) is 0 Å². The molecule has 0 aromatic heterocycles. The maximum Gasteiger partial charge on any atom is 0.349 e. The van der Waals surface area contributed by atoms with Gasteiger partial charge in [0.1, 0.15) is 28.9 Å². The van der Waals surface area contributed by atoms with Crippen molar-refractivity contribution in [3.8, 4) is 34.8 Å². The number of carbonyl (C=O) groups excluding carboxylic acids is 1. The highest BCUT2D eigenvalue weighted by atomic mass is 16.6. The number of rotatable bonds is 10. The summed E-state index contributed by atoms with van der Waals surface area (Å²) in [5.74, 6) is 1.46. The van der Waals surface area contributed by atoms with E-state index in [1.165, 1.54) is 0 Å². The van der Waals surface area contributed by atoms with Crippen LogP contribution >= 0.6 is 0 Å². The molecule has 0 fully saturated rings. The fourth-order valence-corrected chi connectivity index (χ4v) is 4.46. The number of hydrogen-bond donors (Lipinski definition) is 1. The van der Waals surface area contributed by atoms with Gasteiger partial charge in [-0.3, -0.25) is 0 Å². The molecule has 1 atom stereocenters. The van der Waals surface area contributed by atoms with Crippen molar-refractivity contribution >= 4 is 5.97 Å². The quantitative estimate of drug-likeness (QED) is 0.264. The molecule has 1 unspecified atom stereocenters. The molecule has 0 bridgehead atoms. The summed E-state index contributed by atoms with van der Waals surface area (Å²) in [7, 11) is 0. The number of esters is 1. The molecule has 0 amide bonds. The van der Waals surface area contributed by atoms with Crippen LogP contribution in [0.2, 0.25) is 0 Å². The van der Waals surface area contributed by atoms with Gasteiger partial charge in [-0.1, -0.05) is 37.3 Å². The standard InChI is InChI=1S/C31H32N2O6/c1-5-14-36-25-13-10-21(15-27(25)35-6-2)29-23-12-11-22(16-26(23)39-31(33)24(29)17-32)38-28(34)18-37-30-19(3)8-7-9-20(30)4/h7-13,15-16,29H,5-6,14,18,33H2,1-4H3. The van der Waals surface area contributed by atoms with Gasteiger partial charge in [-0.2, -0.15) is 5.26 Å². The van der Waals surface area contributed by atoms with Gasteiger partial charge in [0, 0.05) is 11.6 Å². The molecule has 8 nitrogen and oxygen atoms in total. The van der Waals surface area contributed by atoms with Gasteiger partial charge in [0.25, 0.3) is 0 Å². The molecule has 0 aliphatic carbocycles. The highest BCUT2D eigenvalue weighted by molar-refractivity contribution is 5.74. The highest BCUT2D eigenvalue weighted by Crippen LogP contribution is 2.45. The number of allylic oxidation sites excluding steroid dienone is 1. The van der Waals surface area contributed by atoms with Gasteiger partial charge < -0.3 is 29.4 Å². The first-order valence-corrected chi connectivity index (χ1v) is 12.9. The lowest BCUT2D eigenvalue weighted by molar-refractivity contribution is -0.136. The van der Waals surface area contributed by atoms with E-state index >= 15 is 0 Å². The average Bonchev–Trinajstić information content (AvgIpc) is 2.91. The van der Waals surface area contributed by atoms with Crippen molar-refractivity contribution in [1.29, 1.82) is 5.26 Å². The maximum absolute atomic E-state index is 12.5. The van der Waals surface area contributed by atoms with Gasteiger partial charge in [0.05, 0.1) is 19.1 Å². The van der Waals surface area contributed by atoms with Crippen LogP contribution in [0, 0.1) is 25.2 Å².